The van der Waals surface area contributed by atoms with Crippen LogP contribution in [0.15, 0.2) is 24.3 Å². The van der Waals surface area contributed by atoms with Crippen molar-refractivity contribution < 1.29 is 19.5 Å². The Morgan fingerprint density at radius 3 is 2.39 bits per heavy atom. The van der Waals surface area contributed by atoms with Crippen LogP contribution in [0.1, 0.15) is 57.1 Å². The molecule has 1 aromatic rings. The zero-order valence-corrected chi connectivity index (χ0v) is 20.6. The molecule has 33 heavy (non-hydrogen) atoms. The number of nitrogens with zero attached hydrogens (tertiary/aromatic N) is 1. The number of benzene rings is 1. The first kappa shape index (κ1) is 26.6. The van der Waals surface area contributed by atoms with Gasteiger partial charge in [-0.1, -0.05) is 43.7 Å². The molecule has 8 nitrogen and oxygen atoms in total. The lowest BCUT2D eigenvalue weighted by molar-refractivity contribution is -0.129. The van der Waals surface area contributed by atoms with Crippen LogP contribution in [0.3, 0.4) is 0 Å². The van der Waals surface area contributed by atoms with Crippen molar-refractivity contribution in [3.63, 3.8) is 0 Å². The summed E-state index contributed by atoms with van der Waals surface area (Å²) in [6.45, 7) is 5.71. The number of carboxylic acid groups (broad SMARTS) is 1. The van der Waals surface area contributed by atoms with Gasteiger partial charge in [-0.2, -0.15) is 0 Å². The van der Waals surface area contributed by atoms with Gasteiger partial charge in [0.2, 0.25) is 11.8 Å². The minimum absolute atomic E-state index is 0.0586. The van der Waals surface area contributed by atoms with Gasteiger partial charge >= 0.3 is 6.09 Å². The van der Waals surface area contributed by atoms with E-state index >= 15 is 0 Å². The molecule has 1 aliphatic carbocycles. The highest BCUT2D eigenvalue weighted by Gasteiger charge is 2.38. The topological polar surface area (TPSA) is 111 Å². The lowest BCUT2D eigenvalue weighted by atomic mass is 9.74. The van der Waals surface area contributed by atoms with E-state index in [4.69, 9.17) is 5.11 Å². The molecule has 1 unspecified atom stereocenters. The first-order chi connectivity index (χ1) is 15.5. The Hall–Kier alpha value is -2.61. The van der Waals surface area contributed by atoms with Gasteiger partial charge in [0.05, 0.1) is 0 Å². The van der Waals surface area contributed by atoms with Gasteiger partial charge in [0.1, 0.15) is 12.6 Å². The van der Waals surface area contributed by atoms with E-state index in [1.54, 1.807) is 0 Å². The zero-order valence-electron chi connectivity index (χ0n) is 20.6. The molecule has 0 aromatic heterocycles. The molecular weight excluding hydrogens is 420 g/mol. The number of aryl methyl sites for hydroxylation is 1. The third kappa shape index (κ3) is 8.35. The maximum Gasteiger partial charge on any atom is 0.405 e. The fourth-order valence-corrected chi connectivity index (χ4v) is 4.69. The fraction of sp³-hybridized carbons (Fsp3) is 0.640. The van der Waals surface area contributed by atoms with Gasteiger partial charge in [0, 0.05) is 11.6 Å². The lowest BCUT2D eigenvalue weighted by Crippen LogP contribution is -2.55. The number of nitrogens with one attached hydrogen (secondary N) is 3. The highest BCUT2D eigenvalue weighted by atomic mass is 16.4. The molecule has 0 aliphatic heterocycles. The Morgan fingerprint density at radius 2 is 1.85 bits per heavy atom. The average molecular weight is 461 g/mol. The Morgan fingerprint density at radius 1 is 1.18 bits per heavy atom. The number of rotatable bonds is 10. The number of amides is 3. The minimum Gasteiger partial charge on any atom is -0.465 e. The molecule has 1 fully saturated rings. The van der Waals surface area contributed by atoms with E-state index in [0.717, 1.165) is 32.1 Å². The van der Waals surface area contributed by atoms with E-state index in [-0.39, 0.29) is 30.0 Å². The highest BCUT2D eigenvalue weighted by molar-refractivity contribution is 5.89. The molecule has 1 aromatic carbocycles. The highest BCUT2D eigenvalue weighted by Crippen LogP contribution is 2.35. The molecule has 1 aliphatic rings. The monoisotopic (exact) mass is 460 g/mol. The molecule has 0 saturated heterocycles. The van der Waals surface area contributed by atoms with Gasteiger partial charge in [-0.3, -0.25) is 9.59 Å². The fourth-order valence-electron chi connectivity index (χ4n) is 4.69. The minimum atomic E-state index is -1.27. The summed E-state index contributed by atoms with van der Waals surface area (Å²) in [6.07, 6.45) is 3.90. The van der Waals surface area contributed by atoms with E-state index in [2.05, 4.69) is 60.8 Å². The first-order valence-electron chi connectivity index (χ1n) is 11.8. The predicted octanol–water partition coefficient (Wildman–Crippen LogP) is 2.70. The molecule has 0 radical (unpaired) electrons. The quantitative estimate of drug-likeness (QED) is 0.429. The second-order valence-corrected chi connectivity index (χ2v) is 9.98. The number of carbonyl (C=O) groups excluding carboxylic acids is 2. The van der Waals surface area contributed by atoms with Crippen LogP contribution in [0, 0.1) is 12.8 Å². The molecule has 1 atom stereocenters. The van der Waals surface area contributed by atoms with E-state index in [9.17, 15) is 14.4 Å². The molecule has 0 heterocycles. The Bertz CT molecular complexity index is 816. The van der Waals surface area contributed by atoms with Crippen LogP contribution in [0.25, 0.3) is 0 Å². The average Bonchev–Trinajstić information content (AvgIpc) is 2.73. The van der Waals surface area contributed by atoms with Crippen molar-refractivity contribution in [1.82, 2.24) is 20.9 Å². The van der Waals surface area contributed by atoms with Crippen LogP contribution in [0.5, 0.6) is 0 Å². The van der Waals surface area contributed by atoms with Crippen LogP contribution in [0.4, 0.5) is 4.79 Å². The summed E-state index contributed by atoms with van der Waals surface area (Å²) >= 11 is 0. The second kappa shape index (κ2) is 12.0. The normalized spacial score (nSPS) is 21.5. The number of likely N-dealkylation sites (N-methyl/N-ethyl adjacent to an activating group) is 1. The summed E-state index contributed by atoms with van der Waals surface area (Å²) in [5.74, 6) is -0.504. The van der Waals surface area contributed by atoms with Crippen LogP contribution < -0.4 is 16.0 Å². The third-order valence-electron chi connectivity index (χ3n) is 6.59. The lowest BCUT2D eigenvalue weighted by Gasteiger charge is -2.45. The second-order valence-electron chi connectivity index (χ2n) is 9.98. The van der Waals surface area contributed by atoms with Gasteiger partial charge in [0.15, 0.2) is 0 Å². The molecular formula is C25H40N4O4. The van der Waals surface area contributed by atoms with Gasteiger partial charge in [0.25, 0.3) is 0 Å². The summed E-state index contributed by atoms with van der Waals surface area (Å²) in [6, 6.07) is 8.03. The van der Waals surface area contributed by atoms with Gasteiger partial charge < -0.3 is 26.0 Å². The number of hydrogen-bond acceptors (Lipinski definition) is 4. The Kier molecular flexibility index (Phi) is 9.70. The molecule has 4 N–H and O–H groups in total. The smallest absolute Gasteiger partial charge is 0.405 e. The molecule has 0 bridgehead atoms. The van der Waals surface area contributed by atoms with E-state index < -0.39 is 18.0 Å². The van der Waals surface area contributed by atoms with Crippen molar-refractivity contribution in [2.24, 2.45) is 5.92 Å². The van der Waals surface area contributed by atoms with Gasteiger partial charge in [-0.15, -0.1) is 0 Å². The van der Waals surface area contributed by atoms with Crippen LogP contribution >= 0.6 is 0 Å². The van der Waals surface area contributed by atoms with Crippen LogP contribution in [-0.2, 0) is 16.0 Å². The summed E-state index contributed by atoms with van der Waals surface area (Å²) in [5, 5.41) is 16.5. The maximum absolute atomic E-state index is 13.0. The largest absolute Gasteiger partial charge is 0.465 e. The molecule has 1 saturated carbocycles. The summed E-state index contributed by atoms with van der Waals surface area (Å²) in [4.78, 5) is 38.0. The first-order valence-corrected chi connectivity index (χ1v) is 11.8. The van der Waals surface area contributed by atoms with Gasteiger partial charge in [-0.05, 0) is 71.0 Å². The Labute approximate surface area is 197 Å². The summed E-state index contributed by atoms with van der Waals surface area (Å²) < 4.78 is 0. The Balaban J connectivity index is 1.97. The molecule has 0 spiro atoms. The van der Waals surface area contributed by atoms with Crippen molar-refractivity contribution in [2.75, 3.05) is 20.6 Å². The van der Waals surface area contributed by atoms with Crippen molar-refractivity contribution in [1.29, 1.82) is 0 Å². The summed E-state index contributed by atoms with van der Waals surface area (Å²) in [5.41, 5.74) is 2.66. The molecule has 3 amide bonds. The zero-order chi connectivity index (χ0) is 24.6. The van der Waals surface area contributed by atoms with E-state index in [1.165, 1.54) is 11.1 Å². The maximum atomic E-state index is 13.0. The molecule has 2 rings (SSSR count). The van der Waals surface area contributed by atoms with E-state index in [0.29, 0.717) is 6.42 Å². The van der Waals surface area contributed by atoms with Crippen molar-refractivity contribution in [3.05, 3.63) is 35.4 Å². The van der Waals surface area contributed by atoms with Crippen LogP contribution in [-0.4, -0.2) is 66.2 Å². The van der Waals surface area contributed by atoms with Gasteiger partial charge in [-0.25, -0.2) is 4.79 Å². The molecule has 8 heteroatoms. The van der Waals surface area contributed by atoms with Crippen molar-refractivity contribution in [2.45, 2.75) is 76.9 Å². The summed E-state index contributed by atoms with van der Waals surface area (Å²) in [7, 11) is 4.27. The SMILES string of the molecule is Cc1cccc(CC2(N(C)C)CCC(NC(=O)C(CC(C)C)NC(=O)CNC(=O)O)CC2)c1. The predicted molar refractivity (Wildman–Crippen MR) is 129 cm³/mol. The van der Waals surface area contributed by atoms with Crippen molar-refractivity contribution in [3.8, 4) is 0 Å². The van der Waals surface area contributed by atoms with Crippen LogP contribution in [0.2, 0.25) is 0 Å². The number of hydrogen-bond donors (Lipinski definition) is 4. The van der Waals surface area contributed by atoms with Crippen molar-refractivity contribution >= 4 is 17.9 Å². The third-order valence-corrected chi connectivity index (χ3v) is 6.59. The standard InChI is InChI=1S/C25H40N4O4/c1-17(2)13-21(28-22(30)16-26-24(32)33)23(31)27-20-9-11-25(12-10-20,29(4)5)15-19-8-6-7-18(3)14-19/h6-8,14,17,20-21,26H,9-13,15-16H2,1-5H3,(H,27,31)(H,28,30)(H,32,33). The van der Waals surface area contributed by atoms with E-state index in [1.807, 2.05) is 19.2 Å². The number of carbonyl (C=O) groups is 3. The molecule has 184 valence electrons.